The molecule has 0 spiro atoms. The Morgan fingerprint density at radius 1 is 0.375 bits per heavy atom. The maximum Gasteiger partial charge on any atom is 5.00 e. The summed E-state index contributed by atoms with van der Waals surface area (Å²) in [5.74, 6) is 0. The van der Waals surface area contributed by atoms with Crippen molar-refractivity contribution in [1.82, 2.24) is 0 Å². The Kier molecular flexibility index (Phi) is 329. The molecule has 0 fully saturated rings. The Labute approximate surface area is 238 Å². The van der Waals surface area contributed by atoms with Crippen molar-refractivity contribution < 1.29 is 154 Å². The molecular weight excluding hydrogens is 555 g/mol. The van der Waals surface area contributed by atoms with E-state index in [1.807, 2.05) is 0 Å². The molecule has 0 rings (SSSR count). The van der Waals surface area contributed by atoms with Crippen LogP contribution in [0.2, 0.25) is 0 Å². The summed E-state index contributed by atoms with van der Waals surface area (Å²) in [6, 6.07) is 0. The summed E-state index contributed by atoms with van der Waals surface area (Å²) in [6.45, 7) is 0. The van der Waals surface area contributed by atoms with E-state index >= 15 is 0 Å². The van der Waals surface area contributed by atoms with Gasteiger partial charge in [0.2, 0.25) is 0 Å². The Morgan fingerprint density at radius 3 is 0.375 bits per heavy atom. The summed E-state index contributed by atoms with van der Waals surface area (Å²) in [4.78, 5) is 0. The van der Waals surface area contributed by atoms with Crippen LogP contribution in [0.3, 0.4) is 0 Å². The van der Waals surface area contributed by atoms with Gasteiger partial charge in [-0.2, -0.15) is 0 Å². The third-order valence-corrected chi connectivity index (χ3v) is 0. The summed E-state index contributed by atoms with van der Waals surface area (Å²) in [5, 5.41) is 0. The third-order valence-electron chi connectivity index (χ3n) is 0. The van der Waals surface area contributed by atoms with E-state index in [-0.39, 0.29) is 247 Å². The molecule has 0 aliphatic carbocycles. The van der Waals surface area contributed by atoms with E-state index in [1.54, 1.807) is 0 Å². The maximum atomic E-state index is 0. The van der Waals surface area contributed by atoms with Crippen LogP contribution in [0.5, 0.6) is 0 Å². The summed E-state index contributed by atoms with van der Waals surface area (Å²) in [6.07, 6.45) is 0. The fourth-order valence-electron chi connectivity index (χ4n) is 0. The molecule has 0 unspecified atom stereocenters. The van der Waals surface area contributed by atoms with Crippen molar-refractivity contribution in [2.24, 2.45) is 0 Å². The second-order valence-corrected chi connectivity index (χ2v) is 0. The van der Waals surface area contributed by atoms with Crippen LogP contribution in [-0.4, -0.2) is 92.7 Å². The van der Waals surface area contributed by atoms with Crippen molar-refractivity contribution in [1.29, 1.82) is 0 Å². The van der Waals surface area contributed by atoms with E-state index in [0.717, 1.165) is 0 Å². The van der Waals surface area contributed by atoms with E-state index in [4.69, 9.17) is 0 Å². The molecule has 0 aliphatic heterocycles. The van der Waals surface area contributed by atoms with Crippen LogP contribution in [0, 0.1) is 0 Å². The second kappa shape index (κ2) is 46.3. The van der Waals surface area contributed by atoms with Crippen LogP contribution in [0.25, 0.3) is 0 Å². The van der Waals surface area contributed by atoms with Gasteiger partial charge in [-0.25, -0.2) is 0 Å². The monoisotopic (exact) mass is 557 g/mol. The molecule has 0 N–H and O–H groups in total. The minimum Gasteiger partial charge on any atom is -2.00 e. The first-order valence-electron chi connectivity index (χ1n) is 0. The standard InChI is InChI=1S/3K.Sb.4Se/q3*+1;+5;4*-2. The van der Waals surface area contributed by atoms with Crippen molar-refractivity contribution in [2.75, 3.05) is 0 Å². The van der Waals surface area contributed by atoms with Crippen molar-refractivity contribution >= 4 is 92.7 Å². The Morgan fingerprint density at radius 2 is 0.375 bits per heavy atom. The van der Waals surface area contributed by atoms with Crippen LogP contribution in [0.4, 0.5) is 0 Å². The second-order valence-electron chi connectivity index (χ2n) is 0. The molecule has 0 saturated carbocycles. The summed E-state index contributed by atoms with van der Waals surface area (Å²) in [7, 11) is 0. The first-order valence-corrected chi connectivity index (χ1v) is 0. The predicted molar refractivity (Wildman–Crippen MR) is 28.8 cm³/mol. The number of hydrogen-bond donors (Lipinski definition) is 0. The van der Waals surface area contributed by atoms with Gasteiger partial charge < -0.3 is 68.3 Å². The van der Waals surface area contributed by atoms with E-state index in [1.165, 1.54) is 0 Å². The molecule has 0 amide bonds. The summed E-state index contributed by atoms with van der Waals surface area (Å²) >= 11 is 0. The molecule has 8 heteroatoms. The SMILES string of the molecule is [K+].[K+].[K+].[Sb+5].[Se-2].[Se-2].[Se-2].[Se-2]. The zero-order valence-electron chi connectivity index (χ0n) is 5.08. The molecule has 0 aromatic heterocycles. The van der Waals surface area contributed by atoms with Gasteiger partial charge in [0.1, 0.15) is 0 Å². The molecule has 8 heavy (non-hydrogen) atoms. The van der Waals surface area contributed by atoms with Crippen molar-refractivity contribution in [3.8, 4) is 0 Å². The zero-order valence-corrected chi connectivity index (χ0v) is 23.9. The third kappa shape index (κ3) is 37.2. The van der Waals surface area contributed by atoms with Crippen LogP contribution in [-0.2, 0) is 0 Å². The summed E-state index contributed by atoms with van der Waals surface area (Å²) < 4.78 is 0. The quantitative estimate of drug-likeness (QED) is 0.261. The fourth-order valence-corrected chi connectivity index (χ4v) is 0. The average Bonchev–Trinajstić information content (AvgIpc) is 0. The largest absolute Gasteiger partial charge is 5.00 e. The molecule has 0 atom stereocenters. The van der Waals surface area contributed by atoms with Crippen LogP contribution < -0.4 is 154 Å². The van der Waals surface area contributed by atoms with Crippen LogP contribution in [0.15, 0.2) is 0 Å². The smallest absolute Gasteiger partial charge is 2.00 e. The molecule has 0 radical (unpaired) electrons. The molecular formula is K3SbSe4. The van der Waals surface area contributed by atoms with Crippen molar-refractivity contribution in [3.63, 3.8) is 0 Å². The van der Waals surface area contributed by atoms with Gasteiger partial charge in [-0.3, -0.25) is 0 Å². The van der Waals surface area contributed by atoms with Gasteiger partial charge in [-0.1, -0.05) is 0 Å². The van der Waals surface area contributed by atoms with Gasteiger partial charge in [0.05, 0.1) is 0 Å². The minimum absolute atomic E-state index is 0. The van der Waals surface area contributed by atoms with Gasteiger partial charge in [0, 0.05) is 0 Å². The van der Waals surface area contributed by atoms with Crippen molar-refractivity contribution in [2.45, 2.75) is 0 Å². The van der Waals surface area contributed by atoms with Gasteiger partial charge in [-0.15, -0.1) is 0 Å². The topological polar surface area (TPSA) is 0 Å². The molecule has 0 nitrogen and oxygen atoms in total. The fraction of sp³-hybridized carbons (Fsp3) is 0. The van der Waals surface area contributed by atoms with Crippen molar-refractivity contribution in [3.05, 3.63) is 0 Å². The van der Waals surface area contributed by atoms with Crippen LogP contribution >= 0.6 is 0 Å². The Balaban J connectivity index is 0. The van der Waals surface area contributed by atoms with E-state index in [2.05, 4.69) is 0 Å². The molecule has 0 aliphatic rings. The first-order chi connectivity index (χ1) is 0. The van der Waals surface area contributed by atoms with E-state index in [9.17, 15) is 0 Å². The van der Waals surface area contributed by atoms with Gasteiger partial charge in [0.25, 0.3) is 0 Å². The number of rotatable bonds is 0. The molecule has 0 heterocycles. The number of hydrogen-bond acceptors (Lipinski definition) is 0. The minimum atomic E-state index is 0. The maximum absolute atomic E-state index is 0. The normalized spacial score (nSPS) is 0. The van der Waals surface area contributed by atoms with Gasteiger partial charge >= 0.3 is 179 Å². The molecule has 32 valence electrons. The first kappa shape index (κ1) is 56.9. The average molecular weight is 555 g/mol. The van der Waals surface area contributed by atoms with Gasteiger partial charge in [-0.05, 0) is 0 Å². The predicted octanol–water partition coefficient (Wildman–Crippen LogP) is -10.9. The molecule has 0 aromatic carbocycles. The molecule has 0 saturated heterocycles. The molecule has 0 bridgehead atoms. The van der Waals surface area contributed by atoms with Crippen LogP contribution in [0.1, 0.15) is 0 Å². The zero-order chi connectivity index (χ0) is 0. The van der Waals surface area contributed by atoms with E-state index in [0.29, 0.717) is 0 Å². The Hall–Kier alpha value is 7.81. The van der Waals surface area contributed by atoms with Gasteiger partial charge in [0.15, 0.2) is 0 Å². The summed E-state index contributed by atoms with van der Waals surface area (Å²) in [5.41, 5.74) is 0. The molecule has 0 aromatic rings. The van der Waals surface area contributed by atoms with E-state index < -0.39 is 0 Å². The Bertz CT molecular complexity index is 11.2.